The quantitative estimate of drug-likeness (QED) is 0.618. The van der Waals surface area contributed by atoms with Gasteiger partial charge in [-0.25, -0.2) is 4.79 Å². The molecule has 8 heteroatoms. The number of fused-ring (bicyclic) bond motifs is 3. The summed E-state index contributed by atoms with van der Waals surface area (Å²) >= 11 is 0. The van der Waals surface area contributed by atoms with Crippen LogP contribution in [0.15, 0.2) is 48.5 Å². The molecule has 2 N–H and O–H groups in total. The average Bonchev–Trinajstić information content (AvgIpc) is 3.38. The molecule has 1 saturated heterocycles. The predicted molar refractivity (Wildman–Crippen MR) is 125 cm³/mol. The smallest absolute Gasteiger partial charge is 0.407 e. The minimum Gasteiger partial charge on any atom is -0.481 e. The number of rotatable bonds is 8. The molecule has 2 atom stereocenters. The van der Waals surface area contributed by atoms with Crippen LogP contribution in [0.3, 0.4) is 0 Å². The van der Waals surface area contributed by atoms with Crippen molar-refractivity contribution in [2.75, 3.05) is 19.7 Å². The lowest BCUT2D eigenvalue weighted by Crippen LogP contribution is -2.49. The molecule has 2 amide bonds. The summed E-state index contributed by atoms with van der Waals surface area (Å²) in [6, 6.07) is 14.8. The summed E-state index contributed by atoms with van der Waals surface area (Å²) in [5, 5.41) is 11.8. The Morgan fingerprint density at radius 1 is 1.06 bits per heavy atom. The zero-order valence-electron chi connectivity index (χ0n) is 19.4. The molecule has 2 aromatic rings. The maximum absolute atomic E-state index is 13.0. The molecule has 2 aromatic carbocycles. The van der Waals surface area contributed by atoms with Gasteiger partial charge in [-0.15, -0.1) is 0 Å². The van der Waals surface area contributed by atoms with Gasteiger partial charge in [0.1, 0.15) is 12.6 Å². The molecular formula is C26H30N2O6. The third-order valence-electron chi connectivity index (χ3n) is 6.23. The van der Waals surface area contributed by atoms with E-state index in [-0.39, 0.29) is 24.7 Å². The summed E-state index contributed by atoms with van der Waals surface area (Å²) in [6.45, 7) is 4.77. The Labute approximate surface area is 198 Å². The number of likely N-dealkylation sites (tertiary alicyclic amines) is 1. The molecule has 0 spiro atoms. The van der Waals surface area contributed by atoms with Crippen molar-refractivity contribution in [3.63, 3.8) is 0 Å². The Bertz CT molecular complexity index is 1020. The highest BCUT2D eigenvalue weighted by Gasteiger charge is 2.34. The molecule has 1 aliphatic heterocycles. The van der Waals surface area contributed by atoms with Gasteiger partial charge < -0.3 is 24.8 Å². The number of carboxylic acid groups (broad SMARTS) is 1. The molecule has 1 unspecified atom stereocenters. The first kappa shape index (κ1) is 23.8. The van der Waals surface area contributed by atoms with E-state index in [2.05, 4.69) is 5.32 Å². The van der Waals surface area contributed by atoms with Gasteiger partial charge in [0, 0.05) is 19.0 Å². The van der Waals surface area contributed by atoms with Crippen molar-refractivity contribution in [2.45, 2.75) is 50.9 Å². The first-order chi connectivity index (χ1) is 16.3. The number of carboxylic acids is 1. The van der Waals surface area contributed by atoms with E-state index in [1.807, 2.05) is 62.4 Å². The summed E-state index contributed by atoms with van der Waals surface area (Å²) in [4.78, 5) is 38.5. The van der Waals surface area contributed by atoms with E-state index in [1.54, 1.807) is 4.90 Å². The molecule has 1 fully saturated rings. The van der Waals surface area contributed by atoms with E-state index in [9.17, 15) is 19.5 Å². The monoisotopic (exact) mass is 466 g/mol. The summed E-state index contributed by atoms with van der Waals surface area (Å²) in [5.41, 5.74) is 4.36. The van der Waals surface area contributed by atoms with Crippen molar-refractivity contribution in [1.82, 2.24) is 10.2 Å². The molecule has 8 nitrogen and oxygen atoms in total. The molecule has 0 aromatic heterocycles. The Balaban J connectivity index is 1.39. The molecule has 0 radical (unpaired) electrons. The van der Waals surface area contributed by atoms with Crippen LogP contribution in [-0.4, -0.2) is 65.9 Å². The van der Waals surface area contributed by atoms with E-state index in [4.69, 9.17) is 9.47 Å². The zero-order valence-corrected chi connectivity index (χ0v) is 19.4. The summed E-state index contributed by atoms with van der Waals surface area (Å²) < 4.78 is 11.3. The van der Waals surface area contributed by atoms with Crippen molar-refractivity contribution >= 4 is 18.0 Å². The van der Waals surface area contributed by atoms with Gasteiger partial charge in [0.15, 0.2) is 0 Å². The number of nitrogens with one attached hydrogen (secondary N) is 1. The van der Waals surface area contributed by atoms with Crippen LogP contribution in [0.5, 0.6) is 0 Å². The van der Waals surface area contributed by atoms with Crippen molar-refractivity contribution in [3.05, 3.63) is 59.7 Å². The number of carbonyl (C=O) groups is 3. The number of hydrogen-bond acceptors (Lipinski definition) is 5. The molecule has 1 aliphatic carbocycles. The number of hydrogen-bond donors (Lipinski definition) is 2. The van der Waals surface area contributed by atoms with Crippen molar-refractivity contribution in [1.29, 1.82) is 0 Å². The van der Waals surface area contributed by atoms with Crippen molar-refractivity contribution in [2.24, 2.45) is 0 Å². The first-order valence-electron chi connectivity index (χ1n) is 11.6. The Kier molecular flexibility index (Phi) is 7.17. The van der Waals surface area contributed by atoms with Crippen LogP contribution in [0.2, 0.25) is 0 Å². The molecule has 34 heavy (non-hydrogen) atoms. The Morgan fingerprint density at radius 2 is 1.68 bits per heavy atom. The SMILES string of the molecule is CC(C)O[C@@H]1CCN(C(=O)C(CC(=O)O)NC(=O)OCC2c3ccccc3-c3ccccc32)C1. The molecule has 180 valence electrons. The van der Waals surface area contributed by atoms with Crippen molar-refractivity contribution < 1.29 is 29.0 Å². The summed E-state index contributed by atoms with van der Waals surface area (Å²) in [5.74, 6) is -1.74. The van der Waals surface area contributed by atoms with Crippen LogP contribution in [0.25, 0.3) is 11.1 Å². The third kappa shape index (κ3) is 5.22. The predicted octanol–water partition coefficient (Wildman–Crippen LogP) is 3.39. The van der Waals surface area contributed by atoms with Crippen LogP contribution < -0.4 is 5.32 Å². The molecular weight excluding hydrogens is 436 g/mol. The van der Waals surface area contributed by atoms with Crippen LogP contribution in [-0.2, 0) is 19.1 Å². The second kappa shape index (κ2) is 10.3. The topological polar surface area (TPSA) is 105 Å². The van der Waals surface area contributed by atoms with Gasteiger partial charge >= 0.3 is 12.1 Å². The van der Waals surface area contributed by atoms with Crippen LogP contribution >= 0.6 is 0 Å². The number of amides is 2. The fourth-order valence-corrected chi connectivity index (χ4v) is 4.80. The third-order valence-corrected chi connectivity index (χ3v) is 6.23. The van der Waals surface area contributed by atoms with E-state index in [0.29, 0.717) is 19.5 Å². The Hall–Kier alpha value is -3.39. The van der Waals surface area contributed by atoms with E-state index >= 15 is 0 Å². The molecule has 0 bridgehead atoms. The largest absolute Gasteiger partial charge is 0.481 e. The summed E-state index contributed by atoms with van der Waals surface area (Å²) in [6.07, 6.45) is -0.711. The van der Waals surface area contributed by atoms with Crippen LogP contribution in [0.1, 0.15) is 43.7 Å². The van der Waals surface area contributed by atoms with E-state index in [0.717, 1.165) is 22.3 Å². The molecule has 0 saturated carbocycles. The van der Waals surface area contributed by atoms with E-state index in [1.165, 1.54) is 0 Å². The van der Waals surface area contributed by atoms with E-state index < -0.39 is 30.4 Å². The number of benzene rings is 2. The highest BCUT2D eigenvalue weighted by Crippen LogP contribution is 2.44. The molecule has 1 heterocycles. The number of alkyl carbamates (subject to hydrolysis) is 1. The van der Waals surface area contributed by atoms with Gasteiger partial charge in [0.05, 0.1) is 18.6 Å². The number of aliphatic carboxylic acids is 1. The van der Waals surface area contributed by atoms with Gasteiger partial charge in [0.2, 0.25) is 5.91 Å². The number of carbonyl (C=O) groups excluding carboxylic acids is 2. The fourth-order valence-electron chi connectivity index (χ4n) is 4.80. The van der Waals surface area contributed by atoms with Crippen LogP contribution in [0, 0.1) is 0 Å². The maximum atomic E-state index is 13.0. The normalized spacial score (nSPS) is 17.9. The maximum Gasteiger partial charge on any atom is 0.407 e. The van der Waals surface area contributed by atoms with Gasteiger partial charge in [-0.1, -0.05) is 48.5 Å². The summed E-state index contributed by atoms with van der Waals surface area (Å²) in [7, 11) is 0. The lowest BCUT2D eigenvalue weighted by Gasteiger charge is -2.24. The minimum absolute atomic E-state index is 0.0359. The highest BCUT2D eigenvalue weighted by atomic mass is 16.5. The minimum atomic E-state index is -1.20. The standard InChI is InChI=1S/C26H30N2O6/c1-16(2)34-17-11-12-28(14-17)25(31)23(13-24(29)30)27-26(32)33-15-22-20-9-5-3-7-18(20)19-8-4-6-10-21(19)22/h3-10,16-17,22-23H,11-15H2,1-2H3,(H,27,32)(H,29,30)/t17-,23?/m1/s1. The number of ether oxygens (including phenoxy) is 2. The lowest BCUT2D eigenvalue weighted by atomic mass is 9.98. The first-order valence-corrected chi connectivity index (χ1v) is 11.6. The molecule has 2 aliphatic rings. The Morgan fingerprint density at radius 3 is 2.26 bits per heavy atom. The van der Waals surface area contributed by atoms with Crippen molar-refractivity contribution in [3.8, 4) is 11.1 Å². The van der Waals surface area contributed by atoms with Crippen LogP contribution in [0.4, 0.5) is 4.79 Å². The fraction of sp³-hybridized carbons (Fsp3) is 0.423. The van der Waals surface area contributed by atoms with Gasteiger partial charge in [-0.2, -0.15) is 0 Å². The van der Waals surface area contributed by atoms with Gasteiger partial charge in [-0.05, 0) is 42.5 Å². The lowest BCUT2D eigenvalue weighted by molar-refractivity contribution is -0.142. The second-order valence-electron chi connectivity index (χ2n) is 9.00. The number of nitrogens with zero attached hydrogens (tertiary/aromatic N) is 1. The zero-order chi connectivity index (χ0) is 24.2. The van der Waals surface area contributed by atoms with Gasteiger partial charge in [0.25, 0.3) is 0 Å². The second-order valence-corrected chi connectivity index (χ2v) is 9.00. The average molecular weight is 467 g/mol. The van der Waals surface area contributed by atoms with Gasteiger partial charge in [-0.3, -0.25) is 9.59 Å². The highest BCUT2D eigenvalue weighted by molar-refractivity contribution is 5.89. The molecule has 4 rings (SSSR count).